The Hall–Kier alpha value is -0.600. The molecule has 0 aliphatic rings. The molecule has 1 amide bonds. The number of ether oxygens (including phenoxy) is 1. The maximum atomic E-state index is 11.7. The Balaban J connectivity index is 2.41. The zero-order valence-electron chi connectivity index (χ0n) is 12.7. The van der Waals surface area contributed by atoms with Crippen molar-refractivity contribution in [1.82, 2.24) is 9.78 Å². The number of carbonyl (C=O) groups excluding carboxylic acids is 1. The standard InChI is InChI=1S/C14H13BrCl3N3O2S/c1-21-13(24-2)11(18)12(20-21)7-5-10(9(17)6-8(7)16)19-14(22)23-4-3-15/h5-6H,3-4H2,1-2H3,(H,19,22). The highest BCUT2D eigenvalue weighted by atomic mass is 79.9. The van der Waals surface area contributed by atoms with Gasteiger partial charge in [0.25, 0.3) is 0 Å². The van der Waals surface area contributed by atoms with Gasteiger partial charge in [0.05, 0.1) is 15.7 Å². The van der Waals surface area contributed by atoms with Gasteiger partial charge in [-0.2, -0.15) is 5.10 Å². The number of anilines is 1. The van der Waals surface area contributed by atoms with Crippen molar-refractivity contribution in [2.75, 3.05) is 23.5 Å². The van der Waals surface area contributed by atoms with E-state index in [0.29, 0.717) is 32.3 Å². The van der Waals surface area contributed by atoms with E-state index in [1.54, 1.807) is 17.8 Å². The van der Waals surface area contributed by atoms with Gasteiger partial charge >= 0.3 is 6.09 Å². The molecule has 2 rings (SSSR count). The van der Waals surface area contributed by atoms with Crippen molar-refractivity contribution in [2.45, 2.75) is 5.03 Å². The van der Waals surface area contributed by atoms with E-state index in [0.717, 1.165) is 5.03 Å². The molecule has 0 aliphatic heterocycles. The number of carbonyl (C=O) groups is 1. The molecule has 1 heterocycles. The second-order valence-electron chi connectivity index (χ2n) is 4.56. The van der Waals surface area contributed by atoms with Crippen LogP contribution in [0.5, 0.6) is 0 Å². The van der Waals surface area contributed by atoms with Crippen molar-refractivity contribution in [3.05, 3.63) is 27.2 Å². The zero-order valence-corrected chi connectivity index (χ0v) is 17.4. The largest absolute Gasteiger partial charge is 0.448 e. The maximum absolute atomic E-state index is 11.7. The first-order chi connectivity index (χ1) is 11.4. The summed E-state index contributed by atoms with van der Waals surface area (Å²) in [6.07, 6.45) is 1.30. The van der Waals surface area contributed by atoms with Gasteiger partial charge < -0.3 is 4.74 Å². The van der Waals surface area contributed by atoms with Crippen LogP contribution in [-0.2, 0) is 11.8 Å². The number of amides is 1. The molecule has 0 bridgehead atoms. The third-order valence-corrected chi connectivity index (χ3v) is 5.27. The molecule has 0 saturated heterocycles. The average molecular weight is 474 g/mol. The van der Waals surface area contributed by atoms with Gasteiger partial charge in [-0.15, -0.1) is 11.8 Å². The van der Waals surface area contributed by atoms with Crippen molar-refractivity contribution >= 4 is 74.3 Å². The smallest absolute Gasteiger partial charge is 0.411 e. The van der Waals surface area contributed by atoms with Crippen LogP contribution >= 0.6 is 62.5 Å². The predicted octanol–water partition coefficient (Wildman–Crippen LogP) is 5.71. The number of rotatable bonds is 5. The molecule has 10 heteroatoms. The molecule has 1 aromatic carbocycles. The molecule has 0 fully saturated rings. The molecule has 0 aliphatic carbocycles. The summed E-state index contributed by atoms with van der Waals surface area (Å²) in [5, 5.41) is 9.49. The molecule has 5 nitrogen and oxygen atoms in total. The van der Waals surface area contributed by atoms with Crippen LogP contribution in [-0.4, -0.2) is 34.1 Å². The van der Waals surface area contributed by atoms with E-state index in [-0.39, 0.29) is 11.6 Å². The maximum Gasteiger partial charge on any atom is 0.411 e. The van der Waals surface area contributed by atoms with Gasteiger partial charge in [-0.05, 0) is 18.4 Å². The van der Waals surface area contributed by atoms with Crippen molar-refractivity contribution < 1.29 is 9.53 Å². The molecule has 1 N–H and O–H groups in total. The summed E-state index contributed by atoms with van der Waals surface area (Å²) in [7, 11) is 1.79. The molecule has 0 saturated carbocycles. The molecule has 0 atom stereocenters. The quantitative estimate of drug-likeness (QED) is 0.446. The van der Waals surface area contributed by atoms with Crippen molar-refractivity contribution in [1.29, 1.82) is 0 Å². The highest BCUT2D eigenvalue weighted by Gasteiger charge is 2.20. The Morgan fingerprint density at radius 3 is 2.67 bits per heavy atom. The lowest BCUT2D eigenvalue weighted by Crippen LogP contribution is -2.15. The third-order valence-electron chi connectivity index (χ3n) is 2.99. The van der Waals surface area contributed by atoms with Crippen LogP contribution in [0.3, 0.4) is 0 Å². The third kappa shape index (κ3) is 4.32. The number of hydrogen-bond donors (Lipinski definition) is 1. The normalized spacial score (nSPS) is 10.8. The molecule has 0 spiro atoms. The number of nitrogens with one attached hydrogen (secondary N) is 1. The summed E-state index contributed by atoms with van der Waals surface area (Å²) >= 11 is 23.5. The molecule has 24 heavy (non-hydrogen) atoms. The number of hydrogen-bond acceptors (Lipinski definition) is 4. The molecule has 1 aromatic heterocycles. The van der Waals surface area contributed by atoms with Crippen LogP contribution in [0.15, 0.2) is 17.2 Å². The molecular weight excluding hydrogens is 461 g/mol. The van der Waals surface area contributed by atoms with Crippen molar-refractivity contribution in [2.24, 2.45) is 7.05 Å². The lowest BCUT2D eigenvalue weighted by atomic mass is 10.1. The molecule has 0 radical (unpaired) electrons. The first-order valence-corrected chi connectivity index (χ1v) is 10.1. The second kappa shape index (κ2) is 8.67. The van der Waals surface area contributed by atoms with E-state index in [4.69, 9.17) is 39.5 Å². The van der Waals surface area contributed by atoms with Crippen LogP contribution in [0.1, 0.15) is 0 Å². The molecule has 130 valence electrons. The molecular formula is C14H13BrCl3N3O2S. The monoisotopic (exact) mass is 471 g/mol. The number of alkyl halides is 1. The van der Waals surface area contributed by atoms with E-state index in [9.17, 15) is 4.79 Å². The highest BCUT2D eigenvalue weighted by molar-refractivity contribution is 9.09. The topological polar surface area (TPSA) is 56.1 Å². The fourth-order valence-corrected chi connectivity index (χ4v) is 3.74. The van der Waals surface area contributed by atoms with E-state index >= 15 is 0 Å². The number of nitrogens with zero attached hydrogens (tertiary/aromatic N) is 2. The first-order valence-electron chi connectivity index (χ1n) is 6.64. The van der Waals surface area contributed by atoms with Crippen LogP contribution in [0, 0.1) is 0 Å². The minimum atomic E-state index is -0.610. The Morgan fingerprint density at radius 1 is 1.38 bits per heavy atom. The summed E-state index contributed by atoms with van der Waals surface area (Å²) in [5.41, 5.74) is 1.45. The molecule has 2 aromatic rings. The summed E-state index contributed by atoms with van der Waals surface area (Å²) in [5.74, 6) is 0. The van der Waals surface area contributed by atoms with Crippen LogP contribution in [0.25, 0.3) is 11.3 Å². The van der Waals surface area contributed by atoms with Gasteiger partial charge in [0.15, 0.2) is 0 Å². The molecule has 0 unspecified atom stereocenters. The number of aromatic nitrogens is 2. The Bertz CT molecular complexity index is 770. The van der Waals surface area contributed by atoms with Gasteiger partial charge in [-0.3, -0.25) is 10.00 Å². The Kier molecular flexibility index (Phi) is 7.12. The SMILES string of the molecule is CSc1c(Cl)c(-c2cc(NC(=O)OCCBr)c(Cl)cc2Cl)nn1C. The van der Waals surface area contributed by atoms with Crippen LogP contribution in [0.4, 0.5) is 10.5 Å². The highest BCUT2D eigenvalue weighted by Crippen LogP contribution is 2.40. The van der Waals surface area contributed by atoms with Gasteiger partial charge in [-0.1, -0.05) is 50.7 Å². The summed E-state index contributed by atoms with van der Waals surface area (Å²) < 4.78 is 6.62. The summed E-state index contributed by atoms with van der Waals surface area (Å²) in [6.45, 7) is 0.243. The van der Waals surface area contributed by atoms with Crippen molar-refractivity contribution in [3.63, 3.8) is 0 Å². The van der Waals surface area contributed by atoms with Crippen molar-refractivity contribution in [3.8, 4) is 11.3 Å². The van der Waals surface area contributed by atoms with E-state index in [1.807, 2.05) is 6.26 Å². The number of thioether (sulfide) groups is 1. The predicted molar refractivity (Wildman–Crippen MR) is 104 cm³/mol. The lowest BCUT2D eigenvalue weighted by Gasteiger charge is -2.10. The minimum Gasteiger partial charge on any atom is -0.448 e. The average Bonchev–Trinajstić information content (AvgIpc) is 2.82. The Labute approximate surface area is 167 Å². The lowest BCUT2D eigenvalue weighted by molar-refractivity contribution is 0.169. The fourth-order valence-electron chi connectivity index (χ4n) is 1.98. The van der Waals surface area contributed by atoms with Crippen LogP contribution < -0.4 is 5.32 Å². The second-order valence-corrected chi connectivity index (χ2v) is 7.34. The van der Waals surface area contributed by atoms with Gasteiger partial charge in [0, 0.05) is 17.9 Å². The number of halogens is 4. The Morgan fingerprint density at radius 2 is 2.08 bits per heavy atom. The van der Waals surface area contributed by atoms with E-state index in [1.165, 1.54) is 17.8 Å². The summed E-state index contributed by atoms with van der Waals surface area (Å²) in [4.78, 5) is 11.7. The summed E-state index contributed by atoms with van der Waals surface area (Å²) in [6, 6.07) is 3.15. The number of aryl methyl sites for hydroxylation is 1. The van der Waals surface area contributed by atoms with Gasteiger partial charge in [0.2, 0.25) is 0 Å². The first kappa shape index (κ1) is 19.7. The van der Waals surface area contributed by atoms with Gasteiger partial charge in [-0.25, -0.2) is 4.79 Å². The van der Waals surface area contributed by atoms with E-state index in [2.05, 4.69) is 26.3 Å². The van der Waals surface area contributed by atoms with Gasteiger partial charge in [0.1, 0.15) is 22.3 Å². The fraction of sp³-hybridized carbons (Fsp3) is 0.286. The minimum absolute atomic E-state index is 0.243. The van der Waals surface area contributed by atoms with E-state index < -0.39 is 6.09 Å². The van der Waals surface area contributed by atoms with Crippen LogP contribution in [0.2, 0.25) is 15.1 Å². The zero-order chi connectivity index (χ0) is 17.9. The number of benzene rings is 1.